The molecule has 0 saturated heterocycles. The molecule has 1 aromatic carbocycles. The number of benzene rings is 1. The minimum Gasteiger partial charge on any atom is -0.349 e. The summed E-state index contributed by atoms with van der Waals surface area (Å²) in [4.78, 5) is 18.7. The fourth-order valence-electron chi connectivity index (χ4n) is 3.16. The summed E-state index contributed by atoms with van der Waals surface area (Å²) in [5.41, 5.74) is 3.34. The highest BCUT2D eigenvalue weighted by Gasteiger charge is 2.22. The van der Waals surface area contributed by atoms with Crippen molar-refractivity contribution in [3.63, 3.8) is 0 Å². The molecule has 4 nitrogen and oxygen atoms in total. The van der Waals surface area contributed by atoms with Crippen LogP contribution in [0.2, 0.25) is 0 Å². The Morgan fingerprint density at radius 1 is 1.22 bits per heavy atom. The fraction of sp³-hybridized carbons (Fsp3) is 0.368. The number of hydrogen-bond donors (Lipinski definition) is 1. The van der Waals surface area contributed by atoms with E-state index < -0.39 is 0 Å². The number of amides is 1. The van der Waals surface area contributed by atoms with Crippen LogP contribution >= 0.6 is 0 Å². The molecule has 0 aliphatic carbocycles. The van der Waals surface area contributed by atoms with Crippen molar-refractivity contribution in [3.05, 3.63) is 65.5 Å². The van der Waals surface area contributed by atoms with Crippen LogP contribution in [0.25, 0.3) is 0 Å². The lowest BCUT2D eigenvalue weighted by molar-refractivity contribution is 0.0921. The second-order valence-corrected chi connectivity index (χ2v) is 5.98. The van der Waals surface area contributed by atoms with Gasteiger partial charge in [-0.2, -0.15) is 0 Å². The number of carbonyl (C=O) groups excluding carboxylic acids is 1. The molecule has 0 saturated carbocycles. The molecule has 1 aromatic heterocycles. The lowest BCUT2D eigenvalue weighted by Crippen LogP contribution is -2.45. The Bertz CT molecular complexity index is 657. The Morgan fingerprint density at radius 3 is 2.74 bits per heavy atom. The van der Waals surface area contributed by atoms with Crippen LogP contribution in [0, 0.1) is 0 Å². The van der Waals surface area contributed by atoms with Gasteiger partial charge < -0.3 is 5.32 Å². The van der Waals surface area contributed by atoms with E-state index in [9.17, 15) is 4.79 Å². The van der Waals surface area contributed by atoms with Crippen molar-refractivity contribution in [1.82, 2.24) is 15.2 Å². The van der Waals surface area contributed by atoms with Crippen LogP contribution in [0.3, 0.4) is 0 Å². The van der Waals surface area contributed by atoms with Crippen LogP contribution in [0.4, 0.5) is 0 Å². The van der Waals surface area contributed by atoms with Gasteiger partial charge in [-0.25, -0.2) is 0 Å². The number of carbonyl (C=O) groups is 1. The van der Waals surface area contributed by atoms with Gasteiger partial charge in [0, 0.05) is 31.9 Å². The average Bonchev–Trinajstić information content (AvgIpc) is 2.62. The topological polar surface area (TPSA) is 45.2 Å². The number of fused-ring (bicyclic) bond motifs is 1. The van der Waals surface area contributed by atoms with Crippen LogP contribution < -0.4 is 5.32 Å². The molecule has 120 valence electrons. The number of hydrogen-bond acceptors (Lipinski definition) is 3. The fourth-order valence-corrected chi connectivity index (χ4v) is 3.16. The van der Waals surface area contributed by atoms with Crippen molar-refractivity contribution in [2.45, 2.75) is 32.4 Å². The van der Waals surface area contributed by atoms with E-state index in [1.165, 1.54) is 11.1 Å². The molecule has 1 aliphatic rings. The SMILES string of the molecule is CC[C@@H](CNC(=O)c1ccccn1)N1CCc2ccccc2C1. The summed E-state index contributed by atoms with van der Waals surface area (Å²) >= 11 is 0. The number of nitrogens with one attached hydrogen (secondary N) is 1. The number of aromatic nitrogens is 1. The zero-order chi connectivity index (χ0) is 16.1. The summed E-state index contributed by atoms with van der Waals surface area (Å²) in [7, 11) is 0. The van der Waals surface area contributed by atoms with Gasteiger partial charge in [0.1, 0.15) is 5.69 Å². The van der Waals surface area contributed by atoms with E-state index in [2.05, 4.69) is 46.4 Å². The summed E-state index contributed by atoms with van der Waals surface area (Å²) in [5.74, 6) is -0.0959. The number of rotatable bonds is 5. The second kappa shape index (κ2) is 7.38. The maximum atomic E-state index is 12.2. The van der Waals surface area contributed by atoms with E-state index in [-0.39, 0.29) is 5.91 Å². The Kier molecular flexibility index (Phi) is 5.03. The zero-order valence-corrected chi connectivity index (χ0v) is 13.5. The average molecular weight is 309 g/mol. The first-order valence-corrected chi connectivity index (χ1v) is 8.28. The lowest BCUT2D eigenvalue weighted by atomic mass is 9.98. The minimum atomic E-state index is -0.0959. The molecule has 0 fully saturated rings. The third kappa shape index (κ3) is 3.77. The molecule has 2 heterocycles. The Labute approximate surface area is 137 Å². The van der Waals surface area contributed by atoms with Crippen molar-refractivity contribution < 1.29 is 4.79 Å². The summed E-state index contributed by atoms with van der Waals surface area (Å²) < 4.78 is 0. The molecule has 2 aromatic rings. The van der Waals surface area contributed by atoms with Gasteiger partial charge in [-0.3, -0.25) is 14.7 Å². The highest BCUT2D eigenvalue weighted by Crippen LogP contribution is 2.21. The maximum Gasteiger partial charge on any atom is 0.269 e. The van der Waals surface area contributed by atoms with Gasteiger partial charge in [0.15, 0.2) is 0 Å². The van der Waals surface area contributed by atoms with Crippen LogP contribution in [0.15, 0.2) is 48.7 Å². The Morgan fingerprint density at radius 2 is 2.00 bits per heavy atom. The van der Waals surface area contributed by atoms with E-state index in [0.29, 0.717) is 18.3 Å². The molecule has 1 amide bonds. The Balaban J connectivity index is 1.59. The van der Waals surface area contributed by atoms with Gasteiger partial charge in [0.05, 0.1) is 0 Å². The maximum absolute atomic E-state index is 12.2. The highest BCUT2D eigenvalue weighted by atomic mass is 16.1. The third-order valence-electron chi connectivity index (χ3n) is 4.54. The van der Waals surface area contributed by atoms with E-state index in [1.54, 1.807) is 12.3 Å². The molecular weight excluding hydrogens is 286 g/mol. The zero-order valence-electron chi connectivity index (χ0n) is 13.5. The molecule has 1 aliphatic heterocycles. The molecule has 0 radical (unpaired) electrons. The van der Waals surface area contributed by atoms with Gasteiger partial charge in [-0.15, -0.1) is 0 Å². The Hall–Kier alpha value is -2.20. The lowest BCUT2D eigenvalue weighted by Gasteiger charge is -2.35. The first-order valence-electron chi connectivity index (χ1n) is 8.28. The molecule has 1 N–H and O–H groups in total. The normalized spacial score (nSPS) is 15.7. The van der Waals surface area contributed by atoms with E-state index in [4.69, 9.17) is 0 Å². The van der Waals surface area contributed by atoms with Crippen molar-refractivity contribution in [1.29, 1.82) is 0 Å². The van der Waals surface area contributed by atoms with Crippen LogP contribution in [-0.2, 0) is 13.0 Å². The summed E-state index contributed by atoms with van der Waals surface area (Å²) in [6.07, 6.45) is 3.75. The van der Waals surface area contributed by atoms with E-state index in [0.717, 1.165) is 25.9 Å². The smallest absolute Gasteiger partial charge is 0.269 e. The van der Waals surface area contributed by atoms with Crippen LogP contribution in [0.1, 0.15) is 35.0 Å². The minimum absolute atomic E-state index is 0.0959. The van der Waals surface area contributed by atoms with Crippen molar-refractivity contribution >= 4 is 5.91 Å². The molecule has 0 unspecified atom stereocenters. The predicted molar refractivity (Wildman–Crippen MR) is 91.2 cm³/mol. The summed E-state index contributed by atoms with van der Waals surface area (Å²) in [6.45, 7) is 4.86. The summed E-state index contributed by atoms with van der Waals surface area (Å²) in [5, 5.41) is 3.03. The monoisotopic (exact) mass is 309 g/mol. The van der Waals surface area contributed by atoms with Gasteiger partial charge in [-0.1, -0.05) is 37.3 Å². The number of nitrogens with zero attached hydrogens (tertiary/aromatic N) is 2. The third-order valence-corrected chi connectivity index (χ3v) is 4.54. The first-order chi connectivity index (χ1) is 11.3. The van der Waals surface area contributed by atoms with Crippen molar-refractivity contribution in [2.24, 2.45) is 0 Å². The van der Waals surface area contributed by atoms with Gasteiger partial charge >= 0.3 is 0 Å². The predicted octanol–water partition coefficient (Wildman–Crippen LogP) is 2.65. The van der Waals surface area contributed by atoms with E-state index in [1.807, 2.05) is 12.1 Å². The summed E-state index contributed by atoms with van der Waals surface area (Å²) in [6, 6.07) is 14.4. The highest BCUT2D eigenvalue weighted by molar-refractivity contribution is 5.92. The molecule has 23 heavy (non-hydrogen) atoms. The largest absolute Gasteiger partial charge is 0.349 e. The molecular formula is C19H23N3O. The molecule has 4 heteroatoms. The van der Waals surface area contributed by atoms with Crippen molar-refractivity contribution in [2.75, 3.05) is 13.1 Å². The molecule has 1 atom stereocenters. The van der Waals surface area contributed by atoms with Crippen molar-refractivity contribution in [3.8, 4) is 0 Å². The van der Waals surface area contributed by atoms with Crippen LogP contribution in [0.5, 0.6) is 0 Å². The first kappa shape index (κ1) is 15.7. The molecule has 0 spiro atoms. The van der Waals surface area contributed by atoms with Gasteiger partial charge in [-0.05, 0) is 36.1 Å². The van der Waals surface area contributed by atoms with Crippen LogP contribution in [-0.4, -0.2) is 34.9 Å². The molecule has 3 rings (SSSR count). The van der Waals surface area contributed by atoms with Gasteiger partial charge in [0.25, 0.3) is 5.91 Å². The second-order valence-electron chi connectivity index (χ2n) is 5.98. The van der Waals surface area contributed by atoms with Gasteiger partial charge in [0.2, 0.25) is 0 Å². The molecule has 0 bridgehead atoms. The van der Waals surface area contributed by atoms with E-state index >= 15 is 0 Å². The quantitative estimate of drug-likeness (QED) is 0.923. The standard InChI is InChI=1S/C19H23N3O/c1-2-17(13-21-19(23)18-9-5-6-11-20-18)22-12-10-15-7-3-4-8-16(15)14-22/h3-9,11,17H,2,10,12-14H2,1H3,(H,21,23)/t17-/m0/s1. The number of pyridine rings is 1.